The molecule has 10 heteroatoms. The second-order valence-electron chi connectivity index (χ2n) is 6.45. The molecule has 1 amide bonds. The van der Waals surface area contributed by atoms with Gasteiger partial charge in [-0.3, -0.25) is 4.79 Å². The molecule has 3 rings (SSSR count). The van der Waals surface area contributed by atoms with E-state index in [1.54, 1.807) is 18.2 Å². The van der Waals surface area contributed by atoms with E-state index in [9.17, 15) is 4.79 Å². The second-order valence-corrected chi connectivity index (χ2v) is 8.24. The lowest BCUT2D eigenvalue weighted by molar-refractivity contribution is -0.113. The monoisotopic (exact) mass is 465 g/mol. The van der Waals surface area contributed by atoms with Gasteiger partial charge in [-0.2, -0.15) is 0 Å². The summed E-state index contributed by atoms with van der Waals surface area (Å²) in [5.74, 6) is 1.83. The van der Waals surface area contributed by atoms with Gasteiger partial charge in [-0.25, -0.2) is 4.98 Å². The zero-order chi connectivity index (χ0) is 21.7. The lowest BCUT2D eigenvalue weighted by Crippen LogP contribution is -2.16. The number of aromatic nitrogens is 4. The third-order valence-electron chi connectivity index (χ3n) is 4.19. The van der Waals surface area contributed by atoms with Gasteiger partial charge in [0.05, 0.1) is 10.8 Å². The molecule has 158 valence electrons. The number of carbonyl (C=O) groups excluding carboxylic acids is 1. The van der Waals surface area contributed by atoms with Crippen LogP contribution < -0.4 is 10.1 Å². The summed E-state index contributed by atoms with van der Waals surface area (Å²) < 4.78 is 7.95. The highest BCUT2D eigenvalue weighted by atomic mass is 35.5. The Balaban J connectivity index is 1.63. The zero-order valence-electron chi connectivity index (χ0n) is 16.7. The summed E-state index contributed by atoms with van der Waals surface area (Å²) in [5.41, 5.74) is 0.941. The fraction of sp³-hybridized carbons (Fsp3) is 0.300. The van der Waals surface area contributed by atoms with E-state index in [1.165, 1.54) is 18.0 Å². The van der Waals surface area contributed by atoms with Gasteiger partial charge in [-0.1, -0.05) is 35.0 Å². The summed E-state index contributed by atoms with van der Waals surface area (Å²) >= 11 is 13.2. The summed E-state index contributed by atoms with van der Waals surface area (Å²) in [5, 5.41) is 13.1. The summed E-state index contributed by atoms with van der Waals surface area (Å²) in [4.78, 5) is 16.3. The van der Waals surface area contributed by atoms with Gasteiger partial charge in [-0.15, -0.1) is 10.2 Å². The molecule has 7 nitrogen and oxygen atoms in total. The van der Waals surface area contributed by atoms with Crippen molar-refractivity contribution in [1.82, 2.24) is 19.7 Å². The van der Waals surface area contributed by atoms with Crippen LogP contribution in [0.25, 0.3) is 0 Å². The molecule has 0 fully saturated rings. The van der Waals surface area contributed by atoms with Gasteiger partial charge in [0.15, 0.2) is 17.1 Å². The zero-order valence-corrected chi connectivity index (χ0v) is 19.1. The van der Waals surface area contributed by atoms with Crippen molar-refractivity contribution in [3.05, 3.63) is 58.0 Å². The molecule has 0 aliphatic rings. The van der Waals surface area contributed by atoms with Gasteiger partial charge >= 0.3 is 0 Å². The van der Waals surface area contributed by atoms with E-state index in [0.29, 0.717) is 39.1 Å². The second kappa shape index (κ2) is 10.1. The predicted molar refractivity (Wildman–Crippen MR) is 120 cm³/mol. The SMILES string of the molecule is CCn1c(SCC(=O)Nc2ccc(Cl)cn2)nnc1C(C)Oc1ccc(Cl)c(C)c1. The quantitative estimate of drug-likeness (QED) is 0.461. The lowest BCUT2D eigenvalue weighted by atomic mass is 10.2. The standard InChI is InChI=1S/C20H21Cl2N5O2S/c1-4-27-19(13(3)29-15-6-7-16(22)12(2)9-15)25-26-20(27)30-11-18(28)24-17-8-5-14(21)10-23-17/h5-10,13H,4,11H2,1-3H3,(H,23,24,28). The van der Waals surface area contributed by atoms with E-state index in [0.717, 1.165) is 5.56 Å². The Bertz CT molecular complexity index is 1030. The van der Waals surface area contributed by atoms with Gasteiger partial charge < -0.3 is 14.6 Å². The predicted octanol–water partition coefficient (Wildman–Crippen LogP) is 5.18. The molecule has 2 aromatic heterocycles. The fourth-order valence-corrected chi connectivity index (χ4v) is 3.75. The maximum Gasteiger partial charge on any atom is 0.236 e. The van der Waals surface area contributed by atoms with Crippen LogP contribution in [0.3, 0.4) is 0 Å². The minimum atomic E-state index is -0.320. The molecule has 0 radical (unpaired) electrons. The molecule has 0 saturated heterocycles. The first kappa shape index (κ1) is 22.4. The van der Waals surface area contributed by atoms with Crippen LogP contribution >= 0.6 is 35.0 Å². The number of hydrogen-bond donors (Lipinski definition) is 1. The Labute approximate surface area is 189 Å². The first-order valence-electron chi connectivity index (χ1n) is 9.27. The number of nitrogens with zero attached hydrogens (tertiary/aromatic N) is 4. The number of thioether (sulfide) groups is 1. The number of anilines is 1. The Hall–Kier alpha value is -2.29. The summed E-state index contributed by atoms with van der Waals surface area (Å²) in [6, 6.07) is 8.83. The minimum Gasteiger partial charge on any atom is -0.483 e. The van der Waals surface area contributed by atoms with Gasteiger partial charge in [-0.05, 0) is 56.7 Å². The summed E-state index contributed by atoms with van der Waals surface area (Å²) in [6.07, 6.45) is 1.16. The molecule has 1 aromatic carbocycles. The number of nitrogens with one attached hydrogen (secondary N) is 1. The number of carbonyl (C=O) groups is 1. The molecule has 30 heavy (non-hydrogen) atoms. The van der Waals surface area contributed by atoms with Crippen LogP contribution in [0.15, 0.2) is 41.7 Å². The van der Waals surface area contributed by atoms with Crippen molar-refractivity contribution in [2.45, 2.75) is 38.6 Å². The van der Waals surface area contributed by atoms with E-state index in [2.05, 4.69) is 20.5 Å². The molecule has 0 aliphatic heterocycles. The van der Waals surface area contributed by atoms with Crippen LogP contribution in [0.4, 0.5) is 5.82 Å². The number of benzene rings is 1. The van der Waals surface area contributed by atoms with Gasteiger partial charge in [0.1, 0.15) is 11.6 Å². The molecule has 1 unspecified atom stereocenters. The van der Waals surface area contributed by atoms with Crippen molar-refractivity contribution >= 4 is 46.7 Å². The maximum absolute atomic E-state index is 12.2. The number of halogens is 2. The Morgan fingerprint density at radius 2 is 2.07 bits per heavy atom. The Morgan fingerprint density at radius 3 is 2.73 bits per heavy atom. The lowest BCUT2D eigenvalue weighted by Gasteiger charge is -2.16. The smallest absolute Gasteiger partial charge is 0.236 e. The average molecular weight is 466 g/mol. The highest BCUT2D eigenvalue weighted by molar-refractivity contribution is 7.99. The van der Waals surface area contributed by atoms with Crippen LogP contribution in [0, 0.1) is 6.92 Å². The molecular formula is C20H21Cl2N5O2S. The van der Waals surface area contributed by atoms with E-state index in [4.69, 9.17) is 27.9 Å². The molecule has 1 atom stereocenters. The van der Waals surface area contributed by atoms with Crippen molar-refractivity contribution in [3.63, 3.8) is 0 Å². The number of hydrogen-bond acceptors (Lipinski definition) is 6. The topological polar surface area (TPSA) is 81.9 Å². The maximum atomic E-state index is 12.2. The van der Waals surface area contributed by atoms with Crippen molar-refractivity contribution < 1.29 is 9.53 Å². The van der Waals surface area contributed by atoms with Crippen LogP contribution in [-0.4, -0.2) is 31.4 Å². The number of ether oxygens (including phenoxy) is 1. The molecule has 0 saturated carbocycles. The number of amides is 1. The first-order chi connectivity index (χ1) is 14.4. The van der Waals surface area contributed by atoms with Crippen molar-refractivity contribution in [3.8, 4) is 5.75 Å². The van der Waals surface area contributed by atoms with Crippen LogP contribution in [0.1, 0.15) is 31.3 Å². The molecule has 0 bridgehead atoms. The van der Waals surface area contributed by atoms with Crippen molar-refractivity contribution in [1.29, 1.82) is 0 Å². The normalized spacial score (nSPS) is 11.9. The number of rotatable bonds is 8. The molecule has 0 spiro atoms. The van der Waals surface area contributed by atoms with Gasteiger partial charge in [0, 0.05) is 17.8 Å². The largest absolute Gasteiger partial charge is 0.483 e. The molecule has 1 N–H and O–H groups in total. The number of pyridine rings is 1. The van der Waals surface area contributed by atoms with Gasteiger partial charge in [0.2, 0.25) is 5.91 Å². The van der Waals surface area contributed by atoms with Crippen LogP contribution in [0.5, 0.6) is 5.75 Å². The summed E-state index contributed by atoms with van der Waals surface area (Å²) in [7, 11) is 0. The first-order valence-corrected chi connectivity index (χ1v) is 11.0. The van der Waals surface area contributed by atoms with Gasteiger partial charge in [0.25, 0.3) is 0 Å². The molecule has 3 aromatic rings. The van der Waals surface area contributed by atoms with Crippen LogP contribution in [-0.2, 0) is 11.3 Å². The van der Waals surface area contributed by atoms with Crippen molar-refractivity contribution in [2.75, 3.05) is 11.1 Å². The van der Waals surface area contributed by atoms with E-state index in [-0.39, 0.29) is 17.8 Å². The average Bonchev–Trinajstić information content (AvgIpc) is 3.14. The fourth-order valence-electron chi connectivity index (χ4n) is 2.71. The molecular weight excluding hydrogens is 445 g/mol. The highest BCUT2D eigenvalue weighted by Gasteiger charge is 2.19. The molecule has 2 heterocycles. The third kappa shape index (κ3) is 5.65. The highest BCUT2D eigenvalue weighted by Crippen LogP contribution is 2.27. The Kier molecular flexibility index (Phi) is 7.58. The van der Waals surface area contributed by atoms with Crippen LogP contribution in [0.2, 0.25) is 10.0 Å². The molecule has 0 aliphatic carbocycles. The third-order valence-corrected chi connectivity index (χ3v) is 5.81. The number of aryl methyl sites for hydroxylation is 1. The van der Waals surface area contributed by atoms with E-state index >= 15 is 0 Å². The summed E-state index contributed by atoms with van der Waals surface area (Å²) in [6.45, 7) is 6.48. The van der Waals surface area contributed by atoms with Crippen molar-refractivity contribution in [2.24, 2.45) is 0 Å². The Morgan fingerprint density at radius 1 is 1.27 bits per heavy atom. The van der Waals surface area contributed by atoms with E-state index in [1.807, 2.05) is 37.5 Å². The van der Waals surface area contributed by atoms with E-state index < -0.39 is 0 Å². The minimum absolute atomic E-state index is 0.175.